The second kappa shape index (κ2) is 8.28. The summed E-state index contributed by atoms with van der Waals surface area (Å²) < 4.78 is 0. The molecule has 1 amide bonds. The highest BCUT2D eigenvalue weighted by Crippen LogP contribution is 2.15. The first-order valence-corrected chi connectivity index (χ1v) is 7.24. The third kappa shape index (κ3) is 4.80. The van der Waals surface area contributed by atoms with Gasteiger partial charge in [-0.25, -0.2) is 0 Å². The van der Waals surface area contributed by atoms with E-state index >= 15 is 0 Å². The summed E-state index contributed by atoms with van der Waals surface area (Å²) >= 11 is 0. The molecule has 2 rings (SSSR count). The highest BCUT2D eigenvalue weighted by Gasteiger charge is 2.20. The number of rotatable bonds is 4. The molecule has 1 aliphatic heterocycles. The van der Waals surface area contributed by atoms with Gasteiger partial charge in [-0.1, -0.05) is 38.1 Å². The number of piperidine rings is 1. The van der Waals surface area contributed by atoms with Gasteiger partial charge in [0.25, 0.3) is 0 Å². The Bertz CT molecular complexity index is 411. The molecule has 20 heavy (non-hydrogen) atoms. The quantitative estimate of drug-likeness (QED) is 0.897. The van der Waals surface area contributed by atoms with Crippen molar-refractivity contribution >= 4 is 18.3 Å². The van der Waals surface area contributed by atoms with Crippen LogP contribution in [-0.2, 0) is 11.3 Å². The van der Waals surface area contributed by atoms with Crippen molar-refractivity contribution in [1.29, 1.82) is 0 Å². The van der Waals surface area contributed by atoms with Crippen molar-refractivity contribution < 1.29 is 4.79 Å². The second-order valence-corrected chi connectivity index (χ2v) is 5.66. The summed E-state index contributed by atoms with van der Waals surface area (Å²) in [5.41, 5.74) is 2.51. The van der Waals surface area contributed by atoms with Gasteiger partial charge in [0.05, 0.1) is 5.92 Å². The minimum absolute atomic E-state index is 0. The number of carbonyl (C=O) groups is 1. The minimum atomic E-state index is 0. The number of hydrogen-bond donors (Lipinski definition) is 2. The molecule has 0 aliphatic carbocycles. The molecule has 1 fully saturated rings. The topological polar surface area (TPSA) is 41.1 Å². The highest BCUT2D eigenvalue weighted by atomic mass is 35.5. The molecule has 0 spiro atoms. The average molecular weight is 297 g/mol. The van der Waals surface area contributed by atoms with Gasteiger partial charge in [0.1, 0.15) is 0 Å². The van der Waals surface area contributed by atoms with Crippen molar-refractivity contribution in [2.75, 3.05) is 13.1 Å². The van der Waals surface area contributed by atoms with Crippen LogP contribution in [0, 0.1) is 5.92 Å². The van der Waals surface area contributed by atoms with Gasteiger partial charge in [-0.15, -0.1) is 12.4 Å². The Balaban J connectivity index is 0.00000200. The van der Waals surface area contributed by atoms with E-state index in [1.807, 2.05) is 0 Å². The molecule has 1 heterocycles. The van der Waals surface area contributed by atoms with E-state index in [9.17, 15) is 4.79 Å². The van der Waals surface area contributed by atoms with E-state index in [1.165, 1.54) is 11.1 Å². The summed E-state index contributed by atoms with van der Waals surface area (Å²) in [5, 5.41) is 6.31. The van der Waals surface area contributed by atoms with E-state index in [1.54, 1.807) is 0 Å². The number of halogens is 1. The first kappa shape index (κ1) is 17.0. The van der Waals surface area contributed by atoms with Gasteiger partial charge in [-0.3, -0.25) is 4.79 Å². The van der Waals surface area contributed by atoms with Gasteiger partial charge < -0.3 is 10.6 Å². The Labute approximate surface area is 127 Å². The first-order valence-electron chi connectivity index (χ1n) is 7.24. The molecule has 0 bridgehead atoms. The Kier molecular flexibility index (Phi) is 7.03. The Hall–Kier alpha value is -1.06. The van der Waals surface area contributed by atoms with Crippen molar-refractivity contribution in [2.45, 2.75) is 39.2 Å². The molecule has 1 aliphatic rings. The SMILES string of the molecule is CC(C)c1ccc(CNC(=O)[C@@H]2CCCNC2)cc1.Cl. The maximum atomic E-state index is 12.0. The standard InChI is InChI=1S/C16H24N2O.ClH/c1-12(2)14-7-5-13(6-8-14)10-18-16(19)15-4-3-9-17-11-15;/h5-8,12,15,17H,3-4,9-11H2,1-2H3,(H,18,19);1H/t15-;/m1./s1. The molecule has 0 aromatic heterocycles. The predicted molar refractivity (Wildman–Crippen MR) is 85.2 cm³/mol. The minimum Gasteiger partial charge on any atom is -0.352 e. The normalized spacial score (nSPS) is 18.4. The second-order valence-electron chi connectivity index (χ2n) is 5.66. The van der Waals surface area contributed by atoms with Crippen LogP contribution < -0.4 is 10.6 Å². The Morgan fingerprint density at radius 3 is 2.60 bits per heavy atom. The zero-order valence-electron chi connectivity index (χ0n) is 12.3. The summed E-state index contributed by atoms with van der Waals surface area (Å²) in [6.45, 7) is 6.87. The van der Waals surface area contributed by atoms with Crippen LogP contribution in [0.15, 0.2) is 24.3 Å². The van der Waals surface area contributed by atoms with E-state index in [4.69, 9.17) is 0 Å². The fourth-order valence-electron chi connectivity index (χ4n) is 2.43. The first-order chi connectivity index (χ1) is 9.16. The molecule has 1 saturated heterocycles. The number of amides is 1. The largest absolute Gasteiger partial charge is 0.352 e. The fraction of sp³-hybridized carbons (Fsp3) is 0.562. The van der Waals surface area contributed by atoms with Gasteiger partial charge in [-0.2, -0.15) is 0 Å². The van der Waals surface area contributed by atoms with E-state index in [2.05, 4.69) is 48.7 Å². The predicted octanol–water partition coefficient (Wildman–Crippen LogP) is 2.85. The summed E-state index contributed by atoms with van der Waals surface area (Å²) in [4.78, 5) is 12.0. The molecular weight excluding hydrogens is 272 g/mol. The lowest BCUT2D eigenvalue weighted by atomic mass is 9.98. The smallest absolute Gasteiger partial charge is 0.224 e. The zero-order valence-corrected chi connectivity index (χ0v) is 13.1. The maximum absolute atomic E-state index is 12.0. The zero-order chi connectivity index (χ0) is 13.7. The van der Waals surface area contributed by atoms with E-state index in [0.717, 1.165) is 25.9 Å². The molecule has 0 unspecified atom stereocenters. The molecular formula is C16H25ClN2O. The lowest BCUT2D eigenvalue weighted by Gasteiger charge is -2.21. The third-order valence-electron chi connectivity index (χ3n) is 3.78. The van der Waals surface area contributed by atoms with Gasteiger partial charge >= 0.3 is 0 Å². The van der Waals surface area contributed by atoms with Crippen LogP contribution >= 0.6 is 12.4 Å². The molecule has 1 aromatic rings. The molecule has 4 heteroatoms. The summed E-state index contributed by atoms with van der Waals surface area (Å²) in [6.07, 6.45) is 2.10. The van der Waals surface area contributed by atoms with Crippen molar-refractivity contribution in [3.63, 3.8) is 0 Å². The number of nitrogens with one attached hydrogen (secondary N) is 2. The van der Waals surface area contributed by atoms with Gasteiger partial charge in [-0.05, 0) is 36.4 Å². The van der Waals surface area contributed by atoms with Crippen molar-refractivity contribution in [3.8, 4) is 0 Å². The van der Waals surface area contributed by atoms with Crippen LogP contribution in [0.2, 0.25) is 0 Å². The van der Waals surface area contributed by atoms with Crippen LogP contribution in [0.3, 0.4) is 0 Å². The monoisotopic (exact) mass is 296 g/mol. The summed E-state index contributed by atoms with van der Waals surface area (Å²) in [6, 6.07) is 8.51. The van der Waals surface area contributed by atoms with Gasteiger partial charge in [0.2, 0.25) is 5.91 Å². The van der Waals surface area contributed by atoms with Crippen molar-refractivity contribution in [2.24, 2.45) is 5.92 Å². The lowest BCUT2D eigenvalue weighted by Crippen LogP contribution is -2.40. The maximum Gasteiger partial charge on any atom is 0.224 e. The van der Waals surface area contributed by atoms with Crippen LogP contribution in [0.4, 0.5) is 0 Å². The summed E-state index contributed by atoms with van der Waals surface area (Å²) in [7, 11) is 0. The van der Waals surface area contributed by atoms with Crippen LogP contribution in [0.5, 0.6) is 0 Å². The molecule has 1 aromatic carbocycles. The van der Waals surface area contributed by atoms with E-state index in [0.29, 0.717) is 12.5 Å². The Morgan fingerprint density at radius 1 is 1.35 bits per heavy atom. The molecule has 1 atom stereocenters. The van der Waals surface area contributed by atoms with Crippen molar-refractivity contribution in [3.05, 3.63) is 35.4 Å². The van der Waals surface area contributed by atoms with Crippen LogP contribution in [0.1, 0.15) is 43.7 Å². The van der Waals surface area contributed by atoms with Crippen LogP contribution in [0.25, 0.3) is 0 Å². The number of hydrogen-bond acceptors (Lipinski definition) is 2. The highest BCUT2D eigenvalue weighted by molar-refractivity contribution is 5.85. The fourth-order valence-corrected chi connectivity index (χ4v) is 2.43. The molecule has 3 nitrogen and oxygen atoms in total. The van der Waals surface area contributed by atoms with Crippen LogP contribution in [-0.4, -0.2) is 19.0 Å². The molecule has 0 saturated carbocycles. The summed E-state index contributed by atoms with van der Waals surface area (Å²) in [5.74, 6) is 0.876. The van der Waals surface area contributed by atoms with Crippen molar-refractivity contribution in [1.82, 2.24) is 10.6 Å². The molecule has 112 valence electrons. The number of benzene rings is 1. The van der Waals surface area contributed by atoms with E-state index in [-0.39, 0.29) is 24.2 Å². The lowest BCUT2D eigenvalue weighted by molar-refractivity contribution is -0.125. The third-order valence-corrected chi connectivity index (χ3v) is 3.78. The number of carbonyl (C=O) groups excluding carboxylic acids is 1. The average Bonchev–Trinajstić information content (AvgIpc) is 2.46. The molecule has 0 radical (unpaired) electrons. The molecule has 2 N–H and O–H groups in total. The Morgan fingerprint density at radius 2 is 2.05 bits per heavy atom. The van der Waals surface area contributed by atoms with Gasteiger partial charge in [0.15, 0.2) is 0 Å². The van der Waals surface area contributed by atoms with Gasteiger partial charge in [0, 0.05) is 13.1 Å². The van der Waals surface area contributed by atoms with E-state index < -0.39 is 0 Å².